The molecule has 0 saturated carbocycles. The van der Waals surface area contributed by atoms with E-state index >= 15 is 0 Å². The molecule has 6 heteroatoms. The van der Waals surface area contributed by atoms with Crippen LogP contribution in [-0.2, 0) is 16.1 Å². The number of halogens is 1. The molecule has 1 aromatic rings. The molecule has 1 aromatic carbocycles. The maximum atomic E-state index is 12.1. The number of rotatable bonds is 5. The number of carbonyl (C=O) groups excluding carboxylic acids is 1. The Kier molecular flexibility index (Phi) is 5.98. The van der Waals surface area contributed by atoms with Gasteiger partial charge in [-0.2, -0.15) is 0 Å². The third kappa shape index (κ3) is 4.62. The van der Waals surface area contributed by atoms with Crippen molar-refractivity contribution >= 4 is 17.5 Å². The summed E-state index contributed by atoms with van der Waals surface area (Å²) < 4.78 is 11.6. The average Bonchev–Trinajstić information content (AvgIpc) is 3.01. The molecule has 1 amide bonds. The third-order valence-corrected chi connectivity index (χ3v) is 4.85. The normalized spacial score (nSPS) is 22.7. The molecule has 2 aliphatic rings. The van der Waals surface area contributed by atoms with Crippen LogP contribution in [0, 0.1) is 0 Å². The number of carbonyl (C=O) groups is 1. The minimum absolute atomic E-state index is 0.163. The number of likely N-dealkylation sites (N-methyl/N-ethyl adjacent to an activating group) is 1. The molecule has 5 nitrogen and oxygen atoms in total. The Hall–Kier alpha value is -1.30. The summed E-state index contributed by atoms with van der Waals surface area (Å²) in [6, 6.07) is 5.70. The van der Waals surface area contributed by atoms with E-state index in [9.17, 15) is 4.79 Å². The molecule has 132 valence electrons. The highest BCUT2D eigenvalue weighted by molar-refractivity contribution is 6.30. The number of benzene rings is 1. The van der Waals surface area contributed by atoms with Gasteiger partial charge >= 0.3 is 0 Å². The van der Waals surface area contributed by atoms with Gasteiger partial charge in [0.15, 0.2) is 0 Å². The summed E-state index contributed by atoms with van der Waals surface area (Å²) in [6.07, 6.45) is 3.32. The van der Waals surface area contributed by atoms with Crippen molar-refractivity contribution in [1.29, 1.82) is 0 Å². The van der Waals surface area contributed by atoms with Crippen LogP contribution >= 0.6 is 11.6 Å². The molecule has 0 bridgehead atoms. The molecule has 24 heavy (non-hydrogen) atoms. The van der Waals surface area contributed by atoms with E-state index in [2.05, 4.69) is 4.90 Å². The van der Waals surface area contributed by atoms with Crippen LogP contribution < -0.4 is 4.74 Å². The Bertz CT molecular complexity index is 575. The molecule has 0 aliphatic carbocycles. The quantitative estimate of drug-likeness (QED) is 0.816. The fourth-order valence-corrected chi connectivity index (χ4v) is 3.39. The fraction of sp³-hybridized carbons (Fsp3) is 0.611. The molecule has 0 radical (unpaired) electrons. The van der Waals surface area contributed by atoms with Crippen LogP contribution in [0.1, 0.15) is 24.8 Å². The number of ether oxygens (including phenoxy) is 2. The molecule has 0 N–H and O–H groups in total. The second kappa shape index (κ2) is 8.19. The maximum Gasteiger partial charge on any atom is 0.236 e. The maximum absolute atomic E-state index is 12.1. The van der Waals surface area contributed by atoms with Crippen molar-refractivity contribution in [3.05, 3.63) is 28.8 Å². The van der Waals surface area contributed by atoms with E-state index in [4.69, 9.17) is 21.1 Å². The van der Waals surface area contributed by atoms with Crippen molar-refractivity contribution in [2.24, 2.45) is 0 Å². The Labute approximate surface area is 148 Å². The van der Waals surface area contributed by atoms with Crippen LogP contribution in [0.2, 0.25) is 5.02 Å². The highest BCUT2D eigenvalue weighted by Gasteiger charge is 2.21. The summed E-state index contributed by atoms with van der Waals surface area (Å²) >= 11 is 6.17. The van der Waals surface area contributed by atoms with Crippen LogP contribution in [0.15, 0.2) is 18.2 Å². The van der Waals surface area contributed by atoms with Crippen molar-refractivity contribution in [2.75, 3.05) is 39.9 Å². The number of hydrogen-bond acceptors (Lipinski definition) is 4. The zero-order valence-electron chi connectivity index (χ0n) is 14.2. The van der Waals surface area contributed by atoms with Gasteiger partial charge in [-0.3, -0.25) is 9.69 Å². The van der Waals surface area contributed by atoms with Gasteiger partial charge in [-0.05, 0) is 37.5 Å². The molecular weight excluding hydrogens is 328 g/mol. The van der Waals surface area contributed by atoms with Crippen LogP contribution in [0.4, 0.5) is 0 Å². The zero-order chi connectivity index (χ0) is 16.9. The average molecular weight is 353 g/mol. The smallest absolute Gasteiger partial charge is 0.236 e. The van der Waals surface area contributed by atoms with E-state index in [1.54, 1.807) is 4.90 Å². The zero-order valence-corrected chi connectivity index (χ0v) is 14.9. The lowest BCUT2D eigenvalue weighted by atomic mass is 10.1. The Balaban J connectivity index is 1.66. The third-order valence-electron chi connectivity index (χ3n) is 4.62. The first-order chi connectivity index (χ1) is 11.6. The van der Waals surface area contributed by atoms with E-state index in [1.807, 2.05) is 25.2 Å². The molecule has 2 saturated heterocycles. The molecule has 0 spiro atoms. The molecule has 1 unspecified atom stereocenters. The minimum Gasteiger partial charge on any atom is -0.491 e. The van der Waals surface area contributed by atoms with Crippen LogP contribution in [-0.4, -0.2) is 61.7 Å². The van der Waals surface area contributed by atoms with Crippen molar-refractivity contribution in [1.82, 2.24) is 9.80 Å². The van der Waals surface area contributed by atoms with Crippen LogP contribution in [0.5, 0.6) is 5.75 Å². The van der Waals surface area contributed by atoms with E-state index < -0.39 is 0 Å². The topological polar surface area (TPSA) is 42.0 Å². The van der Waals surface area contributed by atoms with Crippen molar-refractivity contribution < 1.29 is 14.3 Å². The first-order valence-electron chi connectivity index (χ1n) is 8.61. The molecule has 1 atom stereocenters. The summed E-state index contributed by atoms with van der Waals surface area (Å²) in [7, 11) is 1.86. The van der Waals surface area contributed by atoms with Gasteiger partial charge in [0.1, 0.15) is 12.4 Å². The summed E-state index contributed by atoms with van der Waals surface area (Å²) in [4.78, 5) is 16.0. The molecule has 3 rings (SSSR count). The number of hydrogen-bond donors (Lipinski definition) is 0. The second-order valence-corrected chi connectivity index (χ2v) is 7.01. The van der Waals surface area contributed by atoms with Crippen molar-refractivity contribution in [3.8, 4) is 5.75 Å². The van der Waals surface area contributed by atoms with Crippen molar-refractivity contribution in [2.45, 2.75) is 31.9 Å². The van der Waals surface area contributed by atoms with Gasteiger partial charge < -0.3 is 14.4 Å². The number of amides is 1. The SMILES string of the molecule is CN1CCCN(Cc2cc(Cl)ccc2OCC2CCCO2)CC1=O. The summed E-state index contributed by atoms with van der Waals surface area (Å²) in [6.45, 7) is 4.21. The van der Waals surface area contributed by atoms with E-state index in [0.717, 1.165) is 50.3 Å². The van der Waals surface area contributed by atoms with Gasteiger partial charge in [0, 0.05) is 43.9 Å². The molecule has 2 aliphatic heterocycles. The Morgan fingerprint density at radius 1 is 1.33 bits per heavy atom. The van der Waals surface area contributed by atoms with Crippen LogP contribution in [0.25, 0.3) is 0 Å². The fourth-order valence-electron chi connectivity index (χ4n) is 3.19. The van der Waals surface area contributed by atoms with Crippen molar-refractivity contribution in [3.63, 3.8) is 0 Å². The lowest BCUT2D eigenvalue weighted by Gasteiger charge is -2.22. The predicted molar refractivity (Wildman–Crippen MR) is 93.5 cm³/mol. The summed E-state index contributed by atoms with van der Waals surface area (Å²) in [5, 5.41) is 0.688. The van der Waals surface area contributed by atoms with Gasteiger partial charge in [-0.25, -0.2) is 0 Å². The molecule has 2 heterocycles. The molecular formula is C18H25ClN2O3. The predicted octanol–water partition coefficient (Wildman–Crippen LogP) is 2.56. The first-order valence-corrected chi connectivity index (χ1v) is 8.99. The second-order valence-electron chi connectivity index (χ2n) is 6.58. The highest BCUT2D eigenvalue weighted by Crippen LogP contribution is 2.26. The van der Waals surface area contributed by atoms with Crippen LogP contribution in [0.3, 0.4) is 0 Å². The lowest BCUT2D eigenvalue weighted by Crippen LogP contribution is -2.34. The molecule has 0 aromatic heterocycles. The largest absolute Gasteiger partial charge is 0.491 e. The standard InChI is InChI=1S/C18H25ClN2O3/c1-20-7-3-8-21(12-18(20)22)11-14-10-15(19)5-6-17(14)24-13-16-4-2-9-23-16/h5-6,10,16H,2-4,7-9,11-13H2,1H3. The Morgan fingerprint density at radius 3 is 3.00 bits per heavy atom. The minimum atomic E-state index is 0.163. The van der Waals surface area contributed by atoms with Gasteiger partial charge in [0.05, 0.1) is 12.6 Å². The van der Waals surface area contributed by atoms with E-state index in [1.165, 1.54) is 0 Å². The molecule has 2 fully saturated rings. The Morgan fingerprint density at radius 2 is 2.21 bits per heavy atom. The van der Waals surface area contributed by atoms with E-state index in [-0.39, 0.29) is 12.0 Å². The lowest BCUT2D eigenvalue weighted by molar-refractivity contribution is -0.130. The highest BCUT2D eigenvalue weighted by atomic mass is 35.5. The van der Waals surface area contributed by atoms with Gasteiger partial charge in [-0.15, -0.1) is 0 Å². The van der Waals surface area contributed by atoms with Gasteiger partial charge in [-0.1, -0.05) is 11.6 Å². The van der Waals surface area contributed by atoms with Gasteiger partial charge in [0.2, 0.25) is 5.91 Å². The monoisotopic (exact) mass is 352 g/mol. The summed E-state index contributed by atoms with van der Waals surface area (Å²) in [5.41, 5.74) is 1.03. The summed E-state index contributed by atoms with van der Waals surface area (Å²) in [5.74, 6) is 0.997. The first kappa shape index (κ1) is 17.5. The van der Waals surface area contributed by atoms with E-state index in [0.29, 0.717) is 24.7 Å². The number of nitrogens with zero attached hydrogens (tertiary/aromatic N) is 2. The van der Waals surface area contributed by atoms with Gasteiger partial charge in [0.25, 0.3) is 0 Å².